The summed E-state index contributed by atoms with van der Waals surface area (Å²) < 4.78 is 18.2. The number of nitrogens with zero attached hydrogens (tertiary/aromatic N) is 3. The van der Waals surface area contributed by atoms with E-state index in [0.717, 1.165) is 25.8 Å². The fourth-order valence-electron chi connectivity index (χ4n) is 2.86. The molecule has 0 saturated carbocycles. The highest BCUT2D eigenvalue weighted by atomic mass is 19.1. The average Bonchev–Trinajstić information content (AvgIpc) is 3.06. The van der Waals surface area contributed by atoms with E-state index in [1.54, 1.807) is 19.1 Å². The Hall–Kier alpha value is -2.44. The van der Waals surface area contributed by atoms with Crippen LogP contribution in [0.4, 0.5) is 9.18 Å². The van der Waals surface area contributed by atoms with Gasteiger partial charge in [0.15, 0.2) is 0 Å². The molecular weight excluding hydrogens is 311 g/mol. The molecule has 3 rings (SSSR count). The third-order valence-electron chi connectivity index (χ3n) is 4.32. The number of hydrogen-bond acceptors (Lipinski definition) is 4. The van der Waals surface area contributed by atoms with E-state index in [0.29, 0.717) is 17.3 Å². The van der Waals surface area contributed by atoms with Gasteiger partial charge in [0.1, 0.15) is 11.9 Å². The van der Waals surface area contributed by atoms with Gasteiger partial charge in [-0.15, -0.1) is 0 Å². The van der Waals surface area contributed by atoms with Crippen LogP contribution in [0.15, 0.2) is 28.8 Å². The van der Waals surface area contributed by atoms with E-state index in [2.05, 4.69) is 22.4 Å². The van der Waals surface area contributed by atoms with Crippen LogP contribution >= 0.6 is 0 Å². The second-order valence-corrected chi connectivity index (χ2v) is 6.17. The van der Waals surface area contributed by atoms with Crippen LogP contribution in [-0.4, -0.2) is 33.7 Å². The van der Waals surface area contributed by atoms with Gasteiger partial charge in [0.25, 0.3) is 0 Å². The third kappa shape index (κ3) is 3.55. The quantitative estimate of drug-likeness (QED) is 0.933. The maximum atomic E-state index is 13.0. The lowest BCUT2D eigenvalue weighted by atomic mass is 10.0. The number of piperidine rings is 1. The number of urea groups is 1. The summed E-state index contributed by atoms with van der Waals surface area (Å²) >= 11 is 0. The Kier molecular flexibility index (Phi) is 4.78. The zero-order chi connectivity index (χ0) is 17.1. The van der Waals surface area contributed by atoms with Crippen molar-refractivity contribution in [2.45, 2.75) is 45.2 Å². The molecule has 0 bridgehead atoms. The number of hydrogen-bond donors (Lipinski definition) is 1. The van der Waals surface area contributed by atoms with E-state index in [1.807, 2.05) is 4.90 Å². The number of amides is 2. The number of nitrogens with one attached hydrogen (secondary N) is 1. The smallest absolute Gasteiger partial charge is 0.318 e. The summed E-state index contributed by atoms with van der Waals surface area (Å²) in [6, 6.07) is 5.58. The summed E-state index contributed by atoms with van der Waals surface area (Å²) in [5, 5.41) is 6.80. The molecule has 1 aliphatic heterocycles. The summed E-state index contributed by atoms with van der Waals surface area (Å²) in [5.74, 6) is 0.378. The van der Waals surface area contributed by atoms with Gasteiger partial charge in [-0.3, -0.25) is 0 Å². The molecule has 1 N–H and O–H groups in total. The number of likely N-dealkylation sites (tertiary alicyclic amines) is 1. The Balaban J connectivity index is 1.66. The van der Waals surface area contributed by atoms with Gasteiger partial charge in [-0.1, -0.05) is 5.16 Å². The lowest BCUT2D eigenvalue weighted by molar-refractivity contribution is 0.153. The minimum absolute atomic E-state index is 0.115. The van der Waals surface area contributed by atoms with Crippen LogP contribution in [-0.2, 0) is 0 Å². The number of rotatable bonds is 3. The number of aromatic nitrogens is 2. The Bertz CT molecular complexity index is 701. The monoisotopic (exact) mass is 332 g/mol. The number of halogens is 1. The van der Waals surface area contributed by atoms with Gasteiger partial charge in [-0.2, -0.15) is 4.98 Å². The highest BCUT2D eigenvalue weighted by molar-refractivity contribution is 5.75. The molecule has 1 aromatic heterocycles. The second kappa shape index (κ2) is 6.98. The summed E-state index contributed by atoms with van der Waals surface area (Å²) in [4.78, 5) is 18.5. The molecule has 1 saturated heterocycles. The molecule has 1 aliphatic rings. The van der Waals surface area contributed by atoms with E-state index < -0.39 is 6.04 Å². The summed E-state index contributed by atoms with van der Waals surface area (Å²) in [7, 11) is 0. The number of carbonyl (C=O) groups excluding carboxylic acids is 1. The molecule has 2 amide bonds. The lowest BCUT2D eigenvalue weighted by Crippen LogP contribution is -2.48. The maximum absolute atomic E-state index is 13.0. The molecule has 128 valence electrons. The van der Waals surface area contributed by atoms with Crippen LogP contribution in [0.3, 0.4) is 0 Å². The van der Waals surface area contributed by atoms with Crippen molar-refractivity contribution in [3.63, 3.8) is 0 Å². The van der Waals surface area contributed by atoms with E-state index in [9.17, 15) is 9.18 Å². The normalized spacial score (nSPS) is 19.1. The zero-order valence-corrected chi connectivity index (χ0v) is 13.8. The van der Waals surface area contributed by atoms with Gasteiger partial charge in [-0.25, -0.2) is 9.18 Å². The first-order valence-electron chi connectivity index (χ1n) is 8.21. The summed E-state index contributed by atoms with van der Waals surface area (Å²) in [6.45, 7) is 4.63. The molecular formula is C17H21FN4O2. The number of benzene rings is 1. The molecule has 0 unspecified atom stereocenters. The van der Waals surface area contributed by atoms with Crippen molar-refractivity contribution in [1.29, 1.82) is 0 Å². The Morgan fingerprint density at radius 2 is 2.12 bits per heavy atom. The highest BCUT2D eigenvalue weighted by Gasteiger charge is 2.25. The van der Waals surface area contributed by atoms with Crippen LogP contribution in [0, 0.1) is 5.82 Å². The van der Waals surface area contributed by atoms with Gasteiger partial charge < -0.3 is 14.7 Å². The van der Waals surface area contributed by atoms with Gasteiger partial charge in [0, 0.05) is 18.2 Å². The fraction of sp³-hybridized carbons (Fsp3) is 0.471. The van der Waals surface area contributed by atoms with Crippen LogP contribution in [0.5, 0.6) is 0 Å². The molecule has 0 radical (unpaired) electrons. The largest absolute Gasteiger partial charge is 0.337 e. The van der Waals surface area contributed by atoms with E-state index in [-0.39, 0.29) is 17.9 Å². The first-order valence-corrected chi connectivity index (χ1v) is 8.21. The molecule has 1 aromatic carbocycles. The average molecular weight is 332 g/mol. The first kappa shape index (κ1) is 16.4. The molecule has 6 nitrogen and oxygen atoms in total. The molecule has 1 fully saturated rings. The molecule has 2 aromatic rings. The van der Waals surface area contributed by atoms with Crippen LogP contribution in [0.25, 0.3) is 11.4 Å². The topological polar surface area (TPSA) is 71.3 Å². The van der Waals surface area contributed by atoms with Crippen LogP contribution < -0.4 is 5.32 Å². The van der Waals surface area contributed by atoms with E-state index >= 15 is 0 Å². The predicted octanol–water partition coefficient (Wildman–Crippen LogP) is 3.52. The molecule has 2 heterocycles. The zero-order valence-electron chi connectivity index (χ0n) is 13.8. The van der Waals surface area contributed by atoms with Crippen molar-refractivity contribution in [1.82, 2.24) is 20.4 Å². The molecule has 0 aliphatic carbocycles. The van der Waals surface area contributed by atoms with E-state index in [4.69, 9.17) is 4.52 Å². The van der Waals surface area contributed by atoms with Gasteiger partial charge >= 0.3 is 6.03 Å². The maximum Gasteiger partial charge on any atom is 0.318 e. The van der Waals surface area contributed by atoms with Crippen molar-refractivity contribution in [3.8, 4) is 11.4 Å². The third-order valence-corrected chi connectivity index (χ3v) is 4.32. The fourth-order valence-corrected chi connectivity index (χ4v) is 2.86. The van der Waals surface area contributed by atoms with Gasteiger partial charge in [0.05, 0.1) is 0 Å². The molecule has 0 spiro atoms. The Morgan fingerprint density at radius 3 is 2.83 bits per heavy atom. The first-order chi connectivity index (χ1) is 11.5. The second-order valence-electron chi connectivity index (χ2n) is 6.17. The minimum Gasteiger partial charge on any atom is -0.337 e. The van der Waals surface area contributed by atoms with Crippen molar-refractivity contribution < 1.29 is 13.7 Å². The van der Waals surface area contributed by atoms with Crippen molar-refractivity contribution in [3.05, 3.63) is 36.0 Å². The van der Waals surface area contributed by atoms with E-state index in [1.165, 1.54) is 12.1 Å². The van der Waals surface area contributed by atoms with Gasteiger partial charge in [0.2, 0.25) is 11.7 Å². The molecule has 7 heteroatoms. The minimum atomic E-state index is -0.395. The molecule has 24 heavy (non-hydrogen) atoms. The lowest BCUT2D eigenvalue weighted by Gasteiger charge is -2.33. The standard InChI is InChI=1S/C17H21FN4O2/c1-11-5-3-4-10-22(11)17(23)19-12(2)16-20-15(21-24-16)13-6-8-14(18)9-7-13/h6-9,11-12H,3-5,10H2,1-2H3,(H,19,23)/t11-,12-/m0/s1. The van der Waals surface area contributed by atoms with Crippen LogP contribution in [0.2, 0.25) is 0 Å². The van der Waals surface area contributed by atoms with Crippen LogP contribution in [0.1, 0.15) is 45.0 Å². The summed E-state index contributed by atoms with van der Waals surface area (Å²) in [6.07, 6.45) is 3.21. The number of carbonyl (C=O) groups is 1. The summed E-state index contributed by atoms with van der Waals surface area (Å²) in [5.41, 5.74) is 0.662. The Labute approximate surface area is 140 Å². The Morgan fingerprint density at radius 1 is 1.38 bits per heavy atom. The highest BCUT2D eigenvalue weighted by Crippen LogP contribution is 2.20. The van der Waals surface area contributed by atoms with Crippen molar-refractivity contribution in [2.24, 2.45) is 0 Å². The SMILES string of the molecule is C[C@H](NC(=O)N1CCCC[C@@H]1C)c1nc(-c2ccc(F)cc2)no1. The van der Waals surface area contributed by atoms with Crippen molar-refractivity contribution in [2.75, 3.05) is 6.54 Å². The molecule has 2 atom stereocenters. The van der Waals surface area contributed by atoms with Crippen molar-refractivity contribution >= 4 is 6.03 Å². The predicted molar refractivity (Wildman–Crippen MR) is 86.7 cm³/mol. The van der Waals surface area contributed by atoms with Gasteiger partial charge in [-0.05, 0) is 57.4 Å².